The molecule has 8 heteroatoms. The second kappa shape index (κ2) is 6.46. The molecule has 3 heterocycles. The Morgan fingerprint density at radius 3 is 2.79 bits per heavy atom. The minimum absolute atomic E-state index is 0.122. The van der Waals surface area contributed by atoms with Gasteiger partial charge in [-0.25, -0.2) is 18.7 Å². The van der Waals surface area contributed by atoms with Gasteiger partial charge in [-0.3, -0.25) is 4.79 Å². The number of aromatic nitrogens is 3. The summed E-state index contributed by atoms with van der Waals surface area (Å²) in [6, 6.07) is 9.65. The molecule has 0 aliphatic rings. The lowest BCUT2D eigenvalue weighted by atomic mass is 10.00. The highest BCUT2D eigenvalue weighted by molar-refractivity contribution is 7.16. The normalized spacial score (nSPS) is 11.4. The monoisotopic (exact) mass is 406 g/mol. The summed E-state index contributed by atoms with van der Waals surface area (Å²) in [7, 11) is 0. The van der Waals surface area contributed by atoms with Gasteiger partial charge in [-0.1, -0.05) is 6.07 Å². The molecule has 0 amide bonds. The van der Waals surface area contributed by atoms with Crippen LogP contribution in [0.15, 0.2) is 54.3 Å². The number of hydrogen-bond donors (Lipinski definition) is 2. The van der Waals surface area contributed by atoms with Gasteiger partial charge in [-0.2, -0.15) is 0 Å². The van der Waals surface area contributed by atoms with Crippen molar-refractivity contribution in [3.8, 4) is 11.1 Å². The minimum atomic E-state index is -1.07. The van der Waals surface area contributed by atoms with E-state index in [2.05, 4.69) is 15.0 Å². The Labute approximate surface area is 166 Å². The third kappa shape index (κ3) is 2.76. The van der Waals surface area contributed by atoms with Crippen molar-refractivity contribution in [2.75, 3.05) is 5.73 Å². The Hall–Kier alpha value is -3.65. The summed E-state index contributed by atoms with van der Waals surface area (Å²) in [5, 5.41) is 0.470. The lowest BCUT2D eigenvalue weighted by Crippen LogP contribution is -2.09. The molecule has 2 aromatic carbocycles. The molecule has 0 atom stereocenters. The van der Waals surface area contributed by atoms with E-state index >= 15 is 0 Å². The van der Waals surface area contributed by atoms with Crippen molar-refractivity contribution in [1.82, 2.24) is 15.0 Å². The number of carbonyl (C=O) groups excluding carboxylic acids is 1. The predicted octanol–water partition coefficient (Wildman–Crippen LogP) is 4.93. The molecule has 5 aromatic rings. The smallest absolute Gasteiger partial charge is 0.201 e. The van der Waals surface area contributed by atoms with Gasteiger partial charge in [-0.15, -0.1) is 11.3 Å². The molecular formula is C21H12F2N4OS. The Morgan fingerprint density at radius 2 is 1.93 bits per heavy atom. The second-order valence-electron chi connectivity index (χ2n) is 6.51. The maximum Gasteiger partial charge on any atom is 0.201 e. The number of hydrogen-bond acceptors (Lipinski definition) is 5. The Kier molecular flexibility index (Phi) is 3.88. The van der Waals surface area contributed by atoms with E-state index in [1.54, 1.807) is 17.8 Å². The van der Waals surface area contributed by atoms with Crippen LogP contribution >= 0.6 is 11.3 Å². The highest BCUT2D eigenvalue weighted by Crippen LogP contribution is 2.30. The largest absolute Gasteiger partial charge is 0.396 e. The fourth-order valence-corrected chi connectivity index (χ4v) is 4.01. The van der Waals surface area contributed by atoms with Crippen LogP contribution in [0.5, 0.6) is 0 Å². The van der Waals surface area contributed by atoms with Crippen molar-refractivity contribution >= 4 is 44.1 Å². The van der Waals surface area contributed by atoms with Crippen LogP contribution in [0.3, 0.4) is 0 Å². The molecule has 0 aliphatic carbocycles. The van der Waals surface area contributed by atoms with E-state index < -0.39 is 23.0 Å². The molecule has 0 radical (unpaired) electrons. The Balaban J connectivity index is 1.65. The number of nitrogens with zero attached hydrogens (tertiary/aromatic N) is 2. The zero-order chi connectivity index (χ0) is 20.1. The lowest BCUT2D eigenvalue weighted by molar-refractivity contribution is 0.103. The second-order valence-corrected chi connectivity index (χ2v) is 7.40. The van der Waals surface area contributed by atoms with Crippen molar-refractivity contribution in [2.45, 2.75) is 0 Å². The van der Waals surface area contributed by atoms with Gasteiger partial charge in [0, 0.05) is 28.9 Å². The van der Waals surface area contributed by atoms with Gasteiger partial charge in [0.15, 0.2) is 5.82 Å². The molecule has 0 fully saturated rings. The summed E-state index contributed by atoms with van der Waals surface area (Å²) in [6.07, 6.45) is 3.08. The molecule has 0 saturated heterocycles. The molecule has 5 rings (SSSR count). The summed E-state index contributed by atoms with van der Waals surface area (Å²) in [4.78, 5) is 24.4. The number of nitrogen functional groups attached to an aromatic ring is 1. The molecule has 0 unspecified atom stereocenters. The van der Waals surface area contributed by atoms with E-state index in [1.807, 2.05) is 18.2 Å². The van der Waals surface area contributed by atoms with Crippen molar-refractivity contribution in [2.24, 2.45) is 0 Å². The van der Waals surface area contributed by atoms with Crippen LogP contribution in [0, 0.1) is 11.6 Å². The standard InChI is InChI=1S/C21H12F2N4OS/c22-14-2-3-15(24)19(23)18(14)20(28)13-8-26-21-12(13)5-11(7-25-21)10-1-4-16-17(6-10)29-9-27-16/h1-9H,24H2,(H,25,26). The van der Waals surface area contributed by atoms with Gasteiger partial charge in [0.05, 0.1) is 27.0 Å². The summed E-state index contributed by atoms with van der Waals surface area (Å²) < 4.78 is 29.6. The molecule has 3 N–H and O–H groups in total. The molecule has 0 bridgehead atoms. The van der Waals surface area contributed by atoms with Gasteiger partial charge in [0.25, 0.3) is 0 Å². The van der Waals surface area contributed by atoms with Crippen LogP contribution in [-0.2, 0) is 0 Å². The summed E-state index contributed by atoms with van der Waals surface area (Å²) in [6.45, 7) is 0. The van der Waals surface area contributed by atoms with Gasteiger partial charge < -0.3 is 10.7 Å². The van der Waals surface area contributed by atoms with Crippen LogP contribution < -0.4 is 5.73 Å². The number of H-pyrrole nitrogens is 1. The predicted molar refractivity (Wildman–Crippen MR) is 109 cm³/mol. The number of rotatable bonds is 3. The Morgan fingerprint density at radius 1 is 1.07 bits per heavy atom. The van der Waals surface area contributed by atoms with Crippen LogP contribution in [0.25, 0.3) is 32.4 Å². The lowest BCUT2D eigenvalue weighted by Gasteiger charge is -2.06. The van der Waals surface area contributed by atoms with Crippen LogP contribution in [0.1, 0.15) is 15.9 Å². The van der Waals surface area contributed by atoms with E-state index in [0.717, 1.165) is 33.5 Å². The number of anilines is 1. The molecule has 0 aliphatic heterocycles. The number of pyridine rings is 1. The van der Waals surface area contributed by atoms with Crippen LogP contribution in [0.4, 0.5) is 14.5 Å². The van der Waals surface area contributed by atoms with Crippen LogP contribution in [-0.4, -0.2) is 20.7 Å². The molecule has 3 aromatic heterocycles. The topological polar surface area (TPSA) is 84.7 Å². The molecule has 0 saturated carbocycles. The van der Waals surface area contributed by atoms with Crippen molar-refractivity contribution in [3.05, 3.63) is 77.1 Å². The molecule has 29 heavy (non-hydrogen) atoms. The van der Waals surface area contributed by atoms with Gasteiger partial charge in [0.1, 0.15) is 11.5 Å². The first-order valence-corrected chi connectivity index (χ1v) is 9.50. The minimum Gasteiger partial charge on any atom is -0.396 e. The van der Waals surface area contributed by atoms with Crippen LogP contribution in [0.2, 0.25) is 0 Å². The third-order valence-corrected chi connectivity index (χ3v) is 5.58. The number of carbonyl (C=O) groups is 1. The number of aromatic amines is 1. The Bertz CT molecular complexity index is 1420. The van der Waals surface area contributed by atoms with E-state index in [4.69, 9.17) is 5.73 Å². The fourth-order valence-electron chi connectivity index (χ4n) is 3.30. The number of ketones is 1. The van der Waals surface area contributed by atoms with E-state index in [-0.39, 0.29) is 11.3 Å². The SMILES string of the molecule is Nc1ccc(F)c(C(=O)c2c[nH]c3ncc(-c4ccc5ncsc5c4)cc23)c1F. The van der Waals surface area contributed by atoms with E-state index in [9.17, 15) is 13.6 Å². The number of fused-ring (bicyclic) bond motifs is 2. The van der Waals surface area contributed by atoms with E-state index in [0.29, 0.717) is 11.0 Å². The highest BCUT2D eigenvalue weighted by atomic mass is 32.1. The maximum atomic E-state index is 14.4. The first-order chi connectivity index (χ1) is 14.0. The summed E-state index contributed by atoms with van der Waals surface area (Å²) in [5.41, 5.74) is 9.46. The molecule has 0 spiro atoms. The number of benzene rings is 2. The number of nitrogens with one attached hydrogen (secondary N) is 1. The number of thiazole rings is 1. The van der Waals surface area contributed by atoms with Gasteiger partial charge >= 0.3 is 0 Å². The summed E-state index contributed by atoms with van der Waals surface area (Å²) >= 11 is 1.52. The number of halogens is 2. The highest BCUT2D eigenvalue weighted by Gasteiger charge is 2.24. The molecular weight excluding hydrogens is 394 g/mol. The van der Waals surface area contributed by atoms with Gasteiger partial charge in [0.2, 0.25) is 5.78 Å². The zero-order valence-electron chi connectivity index (χ0n) is 14.7. The maximum absolute atomic E-state index is 14.4. The third-order valence-electron chi connectivity index (χ3n) is 4.79. The zero-order valence-corrected chi connectivity index (χ0v) is 15.6. The van der Waals surface area contributed by atoms with Gasteiger partial charge in [-0.05, 0) is 35.9 Å². The average molecular weight is 406 g/mol. The molecule has 142 valence electrons. The first kappa shape index (κ1) is 17.4. The van der Waals surface area contributed by atoms with Crippen molar-refractivity contribution < 1.29 is 13.6 Å². The average Bonchev–Trinajstić information content (AvgIpc) is 3.36. The molecule has 5 nitrogen and oxygen atoms in total. The number of nitrogens with two attached hydrogens (primary N) is 1. The fraction of sp³-hybridized carbons (Fsp3) is 0. The van der Waals surface area contributed by atoms with E-state index in [1.165, 1.54) is 17.5 Å². The van der Waals surface area contributed by atoms with Crippen molar-refractivity contribution in [3.63, 3.8) is 0 Å². The van der Waals surface area contributed by atoms with Crippen molar-refractivity contribution in [1.29, 1.82) is 0 Å². The summed E-state index contributed by atoms with van der Waals surface area (Å²) in [5.74, 6) is -2.82. The first-order valence-electron chi connectivity index (χ1n) is 8.62. The quantitative estimate of drug-likeness (QED) is 0.329.